The fourth-order valence-corrected chi connectivity index (χ4v) is 5.34. The second-order valence-electron chi connectivity index (χ2n) is 8.09. The number of ether oxygens (including phenoxy) is 1. The quantitative estimate of drug-likeness (QED) is 0.390. The van der Waals surface area contributed by atoms with Crippen LogP contribution in [0, 0.1) is 5.92 Å². The number of amides is 4. The molecule has 1 saturated carbocycles. The number of nitrogens with zero attached hydrogens (tertiary/aromatic N) is 1. The van der Waals surface area contributed by atoms with E-state index in [0.717, 1.165) is 22.9 Å². The molecule has 2 aromatic rings. The Morgan fingerprint density at radius 3 is 2.75 bits per heavy atom. The molecular formula is C22H22ClN3O5S. The first-order chi connectivity index (χ1) is 15.3. The van der Waals surface area contributed by atoms with Gasteiger partial charge in [-0.1, -0.05) is 36.7 Å². The lowest BCUT2D eigenvalue weighted by atomic mass is 9.77. The van der Waals surface area contributed by atoms with E-state index in [9.17, 15) is 19.2 Å². The van der Waals surface area contributed by atoms with Gasteiger partial charge in [0.15, 0.2) is 6.61 Å². The Morgan fingerprint density at radius 1 is 1.31 bits per heavy atom. The summed E-state index contributed by atoms with van der Waals surface area (Å²) in [7, 11) is 0. The van der Waals surface area contributed by atoms with E-state index in [1.807, 2.05) is 24.3 Å². The number of imide groups is 1. The van der Waals surface area contributed by atoms with Gasteiger partial charge in [0.25, 0.3) is 11.8 Å². The van der Waals surface area contributed by atoms with Gasteiger partial charge in [-0.25, -0.2) is 9.59 Å². The summed E-state index contributed by atoms with van der Waals surface area (Å²) in [5.41, 5.74) is 1.27. The molecule has 1 spiro atoms. The molecule has 1 aliphatic heterocycles. The number of halogens is 1. The third kappa shape index (κ3) is 4.35. The first-order valence-corrected chi connectivity index (χ1v) is 11.5. The van der Waals surface area contributed by atoms with Crippen molar-refractivity contribution in [3.63, 3.8) is 0 Å². The minimum Gasteiger partial charge on any atom is -0.452 e. The SMILES string of the molecule is CC1CCC2(CC1)NC(=O)N(NC(=O)COC(=O)/C=C/c1sc3ccccc3c1Cl)C2=O. The zero-order valence-electron chi connectivity index (χ0n) is 17.4. The second kappa shape index (κ2) is 8.91. The predicted octanol–water partition coefficient (Wildman–Crippen LogP) is 3.64. The standard InChI is InChI=1S/C22H22ClN3O5S/c1-13-8-10-22(11-9-13)20(29)26(21(30)24-22)25-17(27)12-31-18(28)7-6-16-19(23)14-4-2-3-5-15(14)32-16/h2-7,13H,8-12H2,1H3,(H,24,30)(H,25,27)/b7-6+. The molecule has 0 bridgehead atoms. The Labute approximate surface area is 193 Å². The maximum atomic E-state index is 12.7. The van der Waals surface area contributed by atoms with Crippen LogP contribution in [-0.4, -0.2) is 41.0 Å². The molecule has 2 N–H and O–H groups in total. The van der Waals surface area contributed by atoms with Gasteiger partial charge in [0.05, 0.1) is 5.02 Å². The van der Waals surface area contributed by atoms with Crippen LogP contribution < -0.4 is 10.7 Å². The van der Waals surface area contributed by atoms with Crippen LogP contribution in [0.4, 0.5) is 4.79 Å². The fraction of sp³-hybridized carbons (Fsp3) is 0.364. The number of carbonyl (C=O) groups excluding carboxylic acids is 4. The molecule has 2 heterocycles. The second-order valence-corrected chi connectivity index (χ2v) is 9.55. The monoisotopic (exact) mass is 475 g/mol. The number of rotatable bonds is 5. The number of urea groups is 1. The van der Waals surface area contributed by atoms with Gasteiger partial charge in [-0.05, 0) is 43.7 Å². The number of thiophene rings is 1. The summed E-state index contributed by atoms with van der Waals surface area (Å²) in [5.74, 6) is -1.52. The molecule has 0 atom stereocenters. The lowest BCUT2D eigenvalue weighted by Gasteiger charge is -2.33. The summed E-state index contributed by atoms with van der Waals surface area (Å²) >= 11 is 7.76. The van der Waals surface area contributed by atoms with Gasteiger partial charge in [0, 0.05) is 21.0 Å². The fourth-order valence-electron chi connectivity index (χ4n) is 3.94. The van der Waals surface area contributed by atoms with Crippen LogP contribution in [0.2, 0.25) is 5.02 Å². The molecule has 10 heteroatoms. The Balaban J connectivity index is 1.30. The molecule has 1 aromatic carbocycles. The van der Waals surface area contributed by atoms with Gasteiger partial charge in [-0.3, -0.25) is 15.0 Å². The molecule has 1 saturated heterocycles. The number of fused-ring (bicyclic) bond motifs is 1. The molecule has 32 heavy (non-hydrogen) atoms. The summed E-state index contributed by atoms with van der Waals surface area (Å²) in [5, 5.41) is 4.82. The first kappa shape index (κ1) is 22.3. The van der Waals surface area contributed by atoms with E-state index in [2.05, 4.69) is 17.7 Å². The maximum absolute atomic E-state index is 12.7. The molecule has 2 fully saturated rings. The summed E-state index contributed by atoms with van der Waals surface area (Å²) in [6, 6.07) is 6.92. The minimum absolute atomic E-state index is 0.478. The van der Waals surface area contributed by atoms with E-state index in [1.54, 1.807) is 0 Å². The smallest absolute Gasteiger partial charge is 0.344 e. The van der Waals surface area contributed by atoms with Crippen molar-refractivity contribution in [3.8, 4) is 0 Å². The lowest BCUT2D eigenvalue weighted by Crippen LogP contribution is -2.52. The maximum Gasteiger partial charge on any atom is 0.344 e. The van der Waals surface area contributed by atoms with E-state index >= 15 is 0 Å². The summed E-state index contributed by atoms with van der Waals surface area (Å²) in [6.07, 6.45) is 5.41. The Morgan fingerprint density at radius 2 is 2.03 bits per heavy atom. The summed E-state index contributed by atoms with van der Waals surface area (Å²) in [4.78, 5) is 49.8. The number of benzene rings is 1. The molecular weight excluding hydrogens is 454 g/mol. The Hall–Kier alpha value is -2.91. The van der Waals surface area contributed by atoms with Gasteiger partial charge in [-0.15, -0.1) is 11.3 Å². The van der Waals surface area contributed by atoms with E-state index in [4.69, 9.17) is 16.3 Å². The highest BCUT2D eigenvalue weighted by Gasteiger charge is 2.52. The van der Waals surface area contributed by atoms with Crippen LogP contribution in [0.1, 0.15) is 37.5 Å². The number of hydrogen-bond donors (Lipinski definition) is 2. The zero-order valence-corrected chi connectivity index (χ0v) is 18.9. The van der Waals surface area contributed by atoms with Crippen LogP contribution in [0.5, 0.6) is 0 Å². The van der Waals surface area contributed by atoms with Crippen molar-refractivity contribution in [3.05, 3.63) is 40.2 Å². The van der Waals surface area contributed by atoms with Crippen molar-refractivity contribution in [1.29, 1.82) is 0 Å². The van der Waals surface area contributed by atoms with E-state index in [0.29, 0.717) is 33.7 Å². The number of nitrogens with one attached hydrogen (secondary N) is 2. The van der Waals surface area contributed by atoms with Crippen LogP contribution in [0.25, 0.3) is 16.2 Å². The van der Waals surface area contributed by atoms with Crippen molar-refractivity contribution in [2.45, 2.75) is 38.1 Å². The highest BCUT2D eigenvalue weighted by Crippen LogP contribution is 2.36. The molecule has 0 unspecified atom stereocenters. The zero-order chi connectivity index (χ0) is 22.9. The van der Waals surface area contributed by atoms with E-state index in [1.165, 1.54) is 23.5 Å². The number of hydrogen-bond acceptors (Lipinski definition) is 6. The summed E-state index contributed by atoms with van der Waals surface area (Å²) in [6.45, 7) is 1.47. The molecule has 2 aliphatic rings. The molecule has 4 rings (SSSR count). The molecule has 1 aliphatic carbocycles. The molecule has 8 nitrogen and oxygen atoms in total. The third-order valence-corrected chi connectivity index (χ3v) is 7.46. The van der Waals surface area contributed by atoms with Crippen molar-refractivity contribution in [2.75, 3.05) is 6.61 Å². The molecule has 1 aromatic heterocycles. The van der Waals surface area contributed by atoms with Crippen molar-refractivity contribution in [1.82, 2.24) is 15.8 Å². The van der Waals surface area contributed by atoms with E-state index in [-0.39, 0.29) is 0 Å². The predicted molar refractivity (Wildman–Crippen MR) is 121 cm³/mol. The molecule has 4 amide bonds. The normalized spacial score (nSPS) is 23.2. The minimum atomic E-state index is -0.959. The van der Waals surface area contributed by atoms with Gasteiger partial charge in [-0.2, -0.15) is 5.01 Å². The van der Waals surface area contributed by atoms with Crippen LogP contribution >= 0.6 is 22.9 Å². The largest absolute Gasteiger partial charge is 0.452 e. The van der Waals surface area contributed by atoms with Crippen molar-refractivity contribution < 1.29 is 23.9 Å². The first-order valence-electron chi connectivity index (χ1n) is 10.3. The van der Waals surface area contributed by atoms with Crippen molar-refractivity contribution >= 4 is 62.9 Å². The van der Waals surface area contributed by atoms with Crippen LogP contribution in [0.15, 0.2) is 30.3 Å². The average molecular weight is 476 g/mol. The van der Waals surface area contributed by atoms with Gasteiger partial charge >= 0.3 is 12.0 Å². The molecule has 0 radical (unpaired) electrons. The van der Waals surface area contributed by atoms with Crippen molar-refractivity contribution in [2.24, 2.45) is 5.92 Å². The lowest BCUT2D eigenvalue weighted by molar-refractivity contribution is -0.147. The van der Waals surface area contributed by atoms with Gasteiger partial charge in [0.1, 0.15) is 5.54 Å². The highest BCUT2D eigenvalue weighted by atomic mass is 35.5. The summed E-state index contributed by atoms with van der Waals surface area (Å²) < 4.78 is 5.91. The number of hydrazine groups is 1. The Kier molecular flexibility index (Phi) is 6.21. The number of carbonyl (C=O) groups is 4. The average Bonchev–Trinajstić information content (AvgIpc) is 3.22. The topological polar surface area (TPSA) is 105 Å². The Bertz CT molecular complexity index is 1120. The van der Waals surface area contributed by atoms with Crippen LogP contribution in [0.3, 0.4) is 0 Å². The van der Waals surface area contributed by atoms with Crippen LogP contribution in [-0.2, 0) is 19.1 Å². The molecule has 168 valence electrons. The third-order valence-electron chi connectivity index (χ3n) is 5.80. The van der Waals surface area contributed by atoms with Gasteiger partial charge < -0.3 is 10.1 Å². The van der Waals surface area contributed by atoms with Gasteiger partial charge in [0.2, 0.25) is 0 Å². The number of esters is 1. The highest BCUT2D eigenvalue weighted by molar-refractivity contribution is 7.20. The van der Waals surface area contributed by atoms with E-state index < -0.39 is 36.0 Å².